The number of esters is 2. The van der Waals surface area contributed by atoms with Crippen molar-refractivity contribution in [1.82, 2.24) is 4.98 Å². The number of hydrogen-bond donors (Lipinski definition) is 0. The monoisotopic (exact) mass is 501 g/mol. The lowest BCUT2D eigenvalue weighted by Crippen LogP contribution is -2.17. The van der Waals surface area contributed by atoms with E-state index in [4.69, 9.17) is 9.47 Å². The number of hydrogen-bond acceptors (Lipinski definition) is 5. The first-order valence-corrected chi connectivity index (χ1v) is 10.1. The van der Waals surface area contributed by atoms with Crippen molar-refractivity contribution in [3.05, 3.63) is 97.9 Å². The van der Waals surface area contributed by atoms with Crippen molar-refractivity contribution in [3.8, 4) is 0 Å². The van der Waals surface area contributed by atoms with E-state index < -0.39 is 11.9 Å². The Hall–Kier alpha value is -2.74. The highest BCUT2D eigenvalue weighted by atomic mass is 127. The second-order valence-electron chi connectivity index (χ2n) is 6.48. The molecular weight excluding hydrogens is 481 g/mol. The molecule has 2 aromatic carbocycles. The van der Waals surface area contributed by atoms with E-state index in [1.807, 2.05) is 60.7 Å². The molecule has 0 bridgehead atoms. The number of ether oxygens (including phenoxy) is 2. The molecule has 6 heteroatoms. The predicted molar refractivity (Wildman–Crippen MR) is 118 cm³/mol. The van der Waals surface area contributed by atoms with E-state index in [9.17, 15) is 9.59 Å². The van der Waals surface area contributed by atoms with Gasteiger partial charge < -0.3 is 9.47 Å². The summed E-state index contributed by atoms with van der Waals surface area (Å²) in [5.41, 5.74) is 3.28. The molecule has 0 aliphatic heterocycles. The van der Waals surface area contributed by atoms with Crippen LogP contribution in [0.3, 0.4) is 0 Å². The van der Waals surface area contributed by atoms with Crippen molar-refractivity contribution in [2.75, 3.05) is 0 Å². The van der Waals surface area contributed by atoms with Gasteiger partial charge in [-0.2, -0.15) is 0 Å². The van der Waals surface area contributed by atoms with Gasteiger partial charge in [-0.3, -0.25) is 0 Å². The van der Waals surface area contributed by atoms with Gasteiger partial charge in [0.15, 0.2) is 5.69 Å². The Balaban J connectivity index is 1.79. The summed E-state index contributed by atoms with van der Waals surface area (Å²) in [7, 11) is 0. The SMILES string of the molecule is Cc1nc(C(=O)OCc2ccccc2)c(C)c(C(=O)OCc2ccccc2)c1I. The van der Waals surface area contributed by atoms with Crippen molar-refractivity contribution < 1.29 is 19.1 Å². The zero-order valence-electron chi connectivity index (χ0n) is 16.1. The molecule has 0 radical (unpaired) electrons. The van der Waals surface area contributed by atoms with Gasteiger partial charge in [0.2, 0.25) is 0 Å². The first-order chi connectivity index (χ1) is 14.0. The van der Waals surface area contributed by atoms with Crippen molar-refractivity contribution in [2.24, 2.45) is 0 Å². The quantitative estimate of drug-likeness (QED) is 0.351. The summed E-state index contributed by atoms with van der Waals surface area (Å²) < 4.78 is 11.5. The Morgan fingerprint density at radius 1 is 0.828 bits per heavy atom. The van der Waals surface area contributed by atoms with E-state index in [1.165, 1.54) is 0 Å². The third-order valence-electron chi connectivity index (χ3n) is 4.37. The van der Waals surface area contributed by atoms with Crippen LogP contribution in [0.15, 0.2) is 60.7 Å². The summed E-state index contributed by atoms with van der Waals surface area (Å²) in [6, 6.07) is 18.8. The second kappa shape index (κ2) is 9.65. The number of benzene rings is 2. The minimum atomic E-state index is -0.567. The smallest absolute Gasteiger partial charge is 0.357 e. The Morgan fingerprint density at radius 2 is 1.31 bits per heavy atom. The third-order valence-corrected chi connectivity index (χ3v) is 5.69. The van der Waals surface area contributed by atoms with Gasteiger partial charge in [-0.05, 0) is 53.1 Å². The number of carbonyl (C=O) groups excluding carboxylic acids is 2. The summed E-state index contributed by atoms with van der Waals surface area (Å²) in [5.74, 6) is -1.05. The molecule has 0 N–H and O–H groups in total. The molecule has 3 rings (SSSR count). The van der Waals surface area contributed by atoms with Crippen LogP contribution in [0.4, 0.5) is 0 Å². The van der Waals surface area contributed by atoms with E-state index in [0.29, 0.717) is 20.4 Å². The summed E-state index contributed by atoms with van der Waals surface area (Å²) >= 11 is 2.06. The minimum absolute atomic E-state index is 0.130. The number of halogens is 1. The van der Waals surface area contributed by atoms with E-state index >= 15 is 0 Å². The van der Waals surface area contributed by atoms with Gasteiger partial charge in [0.25, 0.3) is 0 Å². The molecular formula is C23H20INO4. The second-order valence-corrected chi connectivity index (χ2v) is 7.56. The number of rotatable bonds is 6. The fraction of sp³-hybridized carbons (Fsp3) is 0.174. The van der Waals surface area contributed by atoms with E-state index in [2.05, 4.69) is 27.6 Å². The molecule has 0 saturated carbocycles. The number of aromatic nitrogens is 1. The largest absolute Gasteiger partial charge is 0.457 e. The maximum atomic E-state index is 12.8. The van der Waals surface area contributed by atoms with Gasteiger partial charge >= 0.3 is 11.9 Å². The Labute approximate surface area is 183 Å². The number of nitrogens with zero attached hydrogens (tertiary/aromatic N) is 1. The van der Waals surface area contributed by atoms with Crippen molar-refractivity contribution in [3.63, 3.8) is 0 Å². The van der Waals surface area contributed by atoms with Crippen LogP contribution in [0, 0.1) is 17.4 Å². The molecule has 0 aliphatic carbocycles. The van der Waals surface area contributed by atoms with Gasteiger partial charge in [-0.1, -0.05) is 60.7 Å². The molecule has 1 heterocycles. The fourth-order valence-electron chi connectivity index (χ4n) is 2.79. The Bertz CT molecular complexity index is 1020. The van der Waals surface area contributed by atoms with Crippen LogP contribution in [0.1, 0.15) is 43.2 Å². The molecule has 3 aromatic rings. The van der Waals surface area contributed by atoms with Gasteiger partial charge in [0, 0.05) is 3.57 Å². The highest BCUT2D eigenvalue weighted by Crippen LogP contribution is 2.24. The molecule has 0 spiro atoms. The van der Waals surface area contributed by atoms with Crippen LogP contribution in [0.5, 0.6) is 0 Å². The third kappa shape index (κ3) is 5.20. The molecule has 29 heavy (non-hydrogen) atoms. The maximum absolute atomic E-state index is 12.8. The van der Waals surface area contributed by atoms with Crippen LogP contribution in [-0.4, -0.2) is 16.9 Å². The van der Waals surface area contributed by atoms with Crippen LogP contribution >= 0.6 is 22.6 Å². The number of aryl methyl sites for hydroxylation is 1. The average molecular weight is 501 g/mol. The van der Waals surface area contributed by atoms with Crippen molar-refractivity contribution in [1.29, 1.82) is 0 Å². The summed E-state index contributed by atoms with van der Waals surface area (Å²) in [4.78, 5) is 29.7. The summed E-state index contributed by atoms with van der Waals surface area (Å²) in [5, 5.41) is 0. The summed E-state index contributed by atoms with van der Waals surface area (Å²) in [6.07, 6.45) is 0. The normalized spacial score (nSPS) is 10.4. The van der Waals surface area contributed by atoms with Gasteiger partial charge in [-0.25, -0.2) is 14.6 Å². The van der Waals surface area contributed by atoms with E-state index in [-0.39, 0.29) is 18.9 Å². The Kier molecular flexibility index (Phi) is 6.98. The molecule has 148 valence electrons. The lowest BCUT2D eigenvalue weighted by atomic mass is 10.1. The first kappa shape index (κ1) is 21.0. The lowest BCUT2D eigenvalue weighted by molar-refractivity contribution is 0.0462. The standard InChI is InChI=1S/C23H20INO4/c1-15-19(22(26)28-13-17-9-5-3-6-10-17)20(24)16(2)25-21(15)23(27)29-14-18-11-7-4-8-12-18/h3-12H,13-14H2,1-2H3. The van der Waals surface area contributed by atoms with Crippen molar-refractivity contribution in [2.45, 2.75) is 27.1 Å². The average Bonchev–Trinajstić information content (AvgIpc) is 2.74. The highest BCUT2D eigenvalue weighted by Gasteiger charge is 2.24. The van der Waals surface area contributed by atoms with E-state index in [1.54, 1.807) is 13.8 Å². The number of pyridine rings is 1. The molecule has 0 amide bonds. The van der Waals surface area contributed by atoms with Gasteiger partial charge in [-0.15, -0.1) is 0 Å². The lowest BCUT2D eigenvalue weighted by Gasteiger charge is -2.14. The molecule has 0 aliphatic rings. The summed E-state index contributed by atoms with van der Waals surface area (Å²) in [6.45, 7) is 3.74. The maximum Gasteiger partial charge on any atom is 0.357 e. The van der Waals surface area contributed by atoms with E-state index in [0.717, 1.165) is 11.1 Å². The highest BCUT2D eigenvalue weighted by molar-refractivity contribution is 14.1. The Morgan fingerprint density at radius 3 is 1.83 bits per heavy atom. The molecule has 5 nitrogen and oxygen atoms in total. The van der Waals surface area contributed by atoms with Crippen molar-refractivity contribution >= 4 is 34.5 Å². The zero-order valence-corrected chi connectivity index (χ0v) is 18.3. The first-order valence-electron chi connectivity index (χ1n) is 9.06. The van der Waals surface area contributed by atoms with Gasteiger partial charge in [0.05, 0.1) is 11.3 Å². The van der Waals surface area contributed by atoms with Crippen LogP contribution < -0.4 is 0 Å². The number of carbonyl (C=O) groups is 2. The molecule has 0 fully saturated rings. The molecule has 0 atom stereocenters. The van der Waals surface area contributed by atoms with Crippen LogP contribution in [-0.2, 0) is 22.7 Å². The fourth-order valence-corrected chi connectivity index (χ4v) is 3.54. The minimum Gasteiger partial charge on any atom is -0.457 e. The topological polar surface area (TPSA) is 65.5 Å². The van der Waals surface area contributed by atoms with Gasteiger partial charge in [0.1, 0.15) is 13.2 Å². The van der Waals surface area contributed by atoms with Crippen LogP contribution in [0.2, 0.25) is 0 Å². The van der Waals surface area contributed by atoms with Crippen LogP contribution in [0.25, 0.3) is 0 Å². The predicted octanol–water partition coefficient (Wildman–Crippen LogP) is 5.02. The molecule has 0 saturated heterocycles. The zero-order chi connectivity index (χ0) is 20.8. The molecule has 1 aromatic heterocycles. The molecule has 0 unspecified atom stereocenters.